The number of nitrogens with zero attached hydrogens (tertiary/aromatic N) is 2. The Kier molecular flexibility index (Phi) is 4.27. The van der Waals surface area contributed by atoms with Crippen molar-refractivity contribution in [1.29, 1.82) is 0 Å². The number of rotatable bonds is 5. The zero-order chi connectivity index (χ0) is 17.9. The zero-order valence-corrected chi connectivity index (χ0v) is 14.5. The maximum Gasteiger partial charge on any atom is 0.251 e. The molecule has 2 aromatic carbocycles. The fourth-order valence-corrected chi connectivity index (χ4v) is 2.81. The molecule has 5 nitrogen and oxygen atoms in total. The average molecular weight is 345 g/mol. The average Bonchev–Trinajstić information content (AvgIpc) is 3.33. The molecule has 0 aliphatic carbocycles. The van der Waals surface area contributed by atoms with Gasteiger partial charge in [-0.3, -0.25) is 4.79 Å². The molecular formula is C21H19N3O2. The number of carbonyl (C=O) groups is 1. The predicted molar refractivity (Wildman–Crippen MR) is 101 cm³/mol. The summed E-state index contributed by atoms with van der Waals surface area (Å²) in [6, 6.07) is 19.2. The summed E-state index contributed by atoms with van der Waals surface area (Å²) < 4.78 is 7.64. The number of hydrogen-bond donors (Lipinski definition) is 1. The third-order valence-corrected chi connectivity index (χ3v) is 4.20. The van der Waals surface area contributed by atoms with Crippen LogP contribution in [0.5, 0.6) is 0 Å². The monoisotopic (exact) mass is 345 g/mol. The van der Waals surface area contributed by atoms with E-state index in [1.54, 1.807) is 4.68 Å². The molecule has 0 aliphatic rings. The molecule has 0 atom stereocenters. The van der Waals surface area contributed by atoms with Crippen LogP contribution < -0.4 is 5.32 Å². The van der Waals surface area contributed by atoms with Crippen molar-refractivity contribution in [2.75, 3.05) is 6.54 Å². The van der Waals surface area contributed by atoms with Gasteiger partial charge in [-0.05, 0) is 48.9 Å². The molecule has 0 unspecified atom stereocenters. The summed E-state index contributed by atoms with van der Waals surface area (Å²) in [5.74, 6) is 0.683. The highest BCUT2D eigenvalue weighted by Crippen LogP contribution is 2.26. The van der Waals surface area contributed by atoms with Crippen LogP contribution in [0.15, 0.2) is 71.3 Å². The normalized spacial score (nSPS) is 11.0. The number of benzene rings is 2. The molecule has 1 amide bonds. The number of amides is 1. The molecule has 0 saturated heterocycles. The first-order chi connectivity index (χ1) is 12.7. The lowest BCUT2D eigenvalue weighted by atomic mass is 10.2. The van der Waals surface area contributed by atoms with E-state index in [1.165, 1.54) is 0 Å². The number of hydrogen-bond acceptors (Lipinski definition) is 3. The molecule has 0 aliphatic heterocycles. The quantitative estimate of drug-likeness (QED) is 0.582. The van der Waals surface area contributed by atoms with Gasteiger partial charge in [-0.2, -0.15) is 5.10 Å². The van der Waals surface area contributed by atoms with Gasteiger partial charge >= 0.3 is 0 Å². The van der Waals surface area contributed by atoms with Crippen molar-refractivity contribution in [1.82, 2.24) is 15.1 Å². The van der Waals surface area contributed by atoms with E-state index < -0.39 is 0 Å². The molecule has 0 radical (unpaired) electrons. The predicted octanol–water partition coefficient (Wildman–Crippen LogP) is 4.43. The summed E-state index contributed by atoms with van der Waals surface area (Å²) >= 11 is 0. The first-order valence-corrected chi connectivity index (χ1v) is 8.68. The third kappa shape index (κ3) is 3.11. The van der Waals surface area contributed by atoms with E-state index in [9.17, 15) is 4.79 Å². The first-order valence-electron chi connectivity index (χ1n) is 8.68. The van der Waals surface area contributed by atoms with Crippen LogP contribution in [-0.2, 0) is 0 Å². The van der Waals surface area contributed by atoms with Crippen LogP contribution in [0.1, 0.15) is 23.7 Å². The summed E-state index contributed by atoms with van der Waals surface area (Å²) in [6.45, 7) is 2.71. The van der Waals surface area contributed by atoms with Gasteiger partial charge in [0.05, 0.1) is 5.69 Å². The molecule has 26 heavy (non-hydrogen) atoms. The minimum Gasteiger partial charge on any atom is -0.454 e. The Morgan fingerprint density at radius 2 is 1.92 bits per heavy atom. The Hall–Kier alpha value is -3.34. The van der Waals surface area contributed by atoms with Crippen molar-refractivity contribution < 1.29 is 9.21 Å². The van der Waals surface area contributed by atoms with Gasteiger partial charge in [-0.15, -0.1) is 0 Å². The van der Waals surface area contributed by atoms with Crippen LogP contribution in [0.4, 0.5) is 0 Å². The number of furan rings is 1. The van der Waals surface area contributed by atoms with Crippen LogP contribution in [0.25, 0.3) is 28.1 Å². The molecule has 2 heterocycles. The van der Waals surface area contributed by atoms with Crippen molar-refractivity contribution in [3.05, 3.63) is 72.4 Å². The zero-order valence-electron chi connectivity index (χ0n) is 14.5. The van der Waals surface area contributed by atoms with Crippen LogP contribution in [-0.4, -0.2) is 22.2 Å². The first kappa shape index (κ1) is 16.1. The van der Waals surface area contributed by atoms with Crippen LogP contribution in [0.2, 0.25) is 0 Å². The van der Waals surface area contributed by atoms with E-state index in [-0.39, 0.29) is 5.91 Å². The van der Waals surface area contributed by atoms with Gasteiger partial charge in [0.15, 0.2) is 5.76 Å². The molecule has 4 rings (SSSR count). The van der Waals surface area contributed by atoms with E-state index >= 15 is 0 Å². The number of nitrogens with one attached hydrogen (secondary N) is 1. The third-order valence-electron chi connectivity index (χ3n) is 4.20. The topological polar surface area (TPSA) is 60.1 Å². The number of aromatic nitrogens is 2. The molecular weight excluding hydrogens is 326 g/mol. The van der Waals surface area contributed by atoms with Gasteiger partial charge in [0.1, 0.15) is 11.3 Å². The highest BCUT2D eigenvalue weighted by Gasteiger charge is 2.10. The Morgan fingerprint density at radius 1 is 1.12 bits per heavy atom. The largest absolute Gasteiger partial charge is 0.454 e. The molecule has 1 N–H and O–H groups in total. The summed E-state index contributed by atoms with van der Waals surface area (Å²) in [5.41, 5.74) is 3.15. The molecule has 0 fully saturated rings. The van der Waals surface area contributed by atoms with E-state index in [0.29, 0.717) is 12.1 Å². The standard InChI is InChI=1S/C21H19N3O2/c1-2-12-22-21(25)15-7-9-17(10-8-15)24-13-11-18(23-24)20-14-16-5-3-4-6-19(16)26-20/h3-11,13-14H,2,12H2,1H3,(H,22,25). The van der Waals surface area contributed by atoms with Crippen molar-refractivity contribution in [2.24, 2.45) is 0 Å². The van der Waals surface area contributed by atoms with Gasteiger partial charge in [-0.25, -0.2) is 4.68 Å². The van der Waals surface area contributed by atoms with Crippen molar-refractivity contribution in [3.8, 4) is 17.1 Å². The van der Waals surface area contributed by atoms with E-state index in [2.05, 4.69) is 10.4 Å². The smallest absolute Gasteiger partial charge is 0.251 e. The molecule has 0 spiro atoms. The van der Waals surface area contributed by atoms with E-state index in [4.69, 9.17) is 4.42 Å². The minimum atomic E-state index is -0.0539. The molecule has 130 valence electrons. The van der Waals surface area contributed by atoms with Crippen molar-refractivity contribution in [2.45, 2.75) is 13.3 Å². The Balaban J connectivity index is 1.56. The SMILES string of the molecule is CCCNC(=O)c1ccc(-n2ccc(-c3cc4ccccc4o3)n2)cc1. The highest BCUT2D eigenvalue weighted by molar-refractivity contribution is 5.94. The van der Waals surface area contributed by atoms with Crippen LogP contribution >= 0.6 is 0 Å². The summed E-state index contributed by atoms with van der Waals surface area (Å²) in [6.07, 6.45) is 2.80. The van der Waals surface area contributed by atoms with Gasteiger partial charge in [0.2, 0.25) is 0 Å². The van der Waals surface area contributed by atoms with Gasteiger partial charge in [-0.1, -0.05) is 25.1 Å². The second kappa shape index (κ2) is 6.88. The molecule has 0 bridgehead atoms. The fraction of sp³-hybridized carbons (Fsp3) is 0.143. The Bertz CT molecular complexity index is 1010. The lowest BCUT2D eigenvalue weighted by molar-refractivity contribution is 0.0953. The van der Waals surface area contributed by atoms with Crippen LogP contribution in [0.3, 0.4) is 0 Å². The number of carbonyl (C=O) groups excluding carboxylic acids is 1. The van der Waals surface area contributed by atoms with Gasteiger partial charge < -0.3 is 9.73 Å². The van der Waals surface area contributed by atoms with Crippen LogP contribution in [0, 0.1) is 0 Å². The number of fused-ring (bicyclic) bond motifs is 1. The molecule has 0 saturated carbocycles. The maximum atomic E-state index is 12.0. The number of para-hydroxylation sites is 1. The Labute approximate surface area is 151 Å². The molecule has 2 aromatic heterocycles. The molecule has 4 aromatic rings. The molecule has 5 heteroatoms. The maximum absolute atomic E-state index is 12.0. The second-order valence-electron chi connectivity index (χ2n) is 6.10. The van der Waals surface area contributed by atoms with E-state index in [1.807, 2.05) is 73.8 Å². The summed E-state index contributed by atoms with van der Waals surface area (Å²) in [7, 11) is 0. The van der Waals surface area contributed by atoms with Gasteiger partial charge in [0, 0.05) is 23.7 Å². The summed E-state index contributed by atoms with van der Waals surface area (Å²) in [5, 5.41) is 8.52. The minimum absolute atomic E-state index is 0.0539. The van der Waals surface area contributed by atoms with Gasteiger partial charge in [0.25, 0.3) is 5.91 Å². The second-order valence-corrected chi connectivity index (χ2v) is 6.10. The summed E-state index contributed by atoms with van der Waals surface area (Å²) in [4.78, 5) is 12.0. The lowest BCUT2D eigenvalue weighted by Gasteiger charge is -2.05. The van der Waals surface area contributed by atoms with Crippen molar-refractivity contribution >= 4 is 16.9 Å². The highest BCUT2D eigenvalue weighted by atomic mass is 16.3. The fourth-order valence-electron chi connectivity index (χ4n) is 2.81. The van der Waals surface area contributed by atoms with E-state index in [0.717, 1.165) is 34.5 Å². The lowest BCUT2D eigenvalue weighted by Crippen LogP contribution is -2.23. The Morgan fingerprint density at radius 3 is 2.69 bits per heavy atom. The van der Waals surface area contributed by atoms with Crippen molar-refractivity contribution in [3.63, 3.8) is 0 Å².